The number of hydrogen-bond donors (Lipinski definition) is 1. The van der Waals surface area contributed by atoms with Crippen LogP contribution in [0.2, 0.25) is 0 Å². The zero-order valence-corrected chi connectivity index (χ0v) is 12.1. The van der Waals surface area contributed by atoms with Gasteiger partial charge < -0.3 is 10.2 Å². The first-order valence-electron chi connectivity index (χ1n) is 6.15. The number of carbonyl (C=O) groups is 1. The van der Waals surface area contributed by atoms with Crippen molar-refractivity contribution in [1.29, 1.82) is 0 Å². The number of allylic oxidation sites excluding steroid dienone is 3. The summed E-state index contributed by atoms with van der Waals surface area (Å²) in [5.74, 6) is 0.368. The van der Waals surface area contributed by atoms with E-state index in [1.54, 1.807) is 19.0 Å². The largest absolute Gasteiger partial charge is 0.347 e. The van der Waals surface area contributed by atoms with Gasteiger partial charge in [0.25, 0.3) is 0 Å². The molecule has 1 heterocycles. The second-order valence-corrected chi connectivity index (χ2v) is 5.99. The number of amides is 1. The molecule has 0 spiro atoms. The van der Waals surface area contributed by atoms with E-state index in [0.717, 1.165) is 19.4 Å². The van der Waals surface area contributed by atoms with Crippen LogP contribution < -0.4 is 5.32 Å². The fraction of sp³-hybridized carbons (Fsp3) is 0.615. The molecule has 3 nitrogen and oxygen atoms in total. The molecule has 3 atom stereocenters. The molecular weight excluding hydrogens is 271 g/mol. The maximum absolute atomic E-state index is 12.1. The molecule has 1 unspecified atom stereocenters. The van der Waals surface area contributed by atoms with E-state index in [1.807, 2.05) is 12.2 Å². The third kappa shape index (κ3) is 2.73. The Morgan fingerprint density at radius 2 is 2.17 bits per heavy atom. The first-order chi connectivity index (χ1) is 8.50. The van der Waals surface area contributed by atoms with Crippen molar-refractivity contribution in [2.24, 2.45) is 5.92 Å². The average Bonchev–Trinajstić information content (AvgIpc) is 2.80. The quantitative estimate of drug-likeness (QED) is 0.790. The topological polar surface area (TPSA) is 32.3 Å². The molecule has 0 radical (unpaired) electrons. The van der Waals surface area contributed by atoms with Gasteiger partial charge in [-0.05, 0) is 25.5 Å². The van der Waals surface area contributed by atoms with Crippen molar-refractivity contribution in [3.8, 4) is 0 Å². The van der Waals surface area contributed by atoms with E-state index in [2.05, 4.69) is 5.32 Å². The summed E-state index contributed by atoms with van der Waals surface area (Å²) in [4.78, 5) is 13.7. The van der Waals surface area contributed by atoms with E-state index in [1.165, 1.54) is 5.57 Å². The van der Waals surface area contributed by atoms with E-state index in [9.17, 15) is 4.79 Å². The SMILES string of the molecule is CN(C)C(=O)[C@H]1NCC[C@H]1C1=CC=C(Cl)C(Cl)C1. The third-order valence-corrected chi connectivity index (χ3v) is 4.47. The van der Waals surface area contributed by atoms with Crippen LogP contribution in [0.25, 0.3) is 0 Å². The van der Waals surface area contributed by atoms with Gasteiger partial charge >= 0.3 is 0 Å². The van der Waals surface area contributed by atoms with Crippen molar-refractivity contribution in [1.82, 2.24) is 10.2 Å². The van der Waals surface area contributed by atoms with Gasteiger partial charge in [-0.2, -0.15) is 0 Å². The fourth-order valence-corrected chi connectivity index (χ4v) is 2.97. The molecule has 0 aromatic heterocycles. The van der Waals surface area contributed by atoms with Gasteiger partial charge in [0.15, 0.2) is 0 Å². The van der Waals surface area contributed by atoms with E-state index in [-0.39, 0.29) is 23.2 Å². The Labute approximate surface area is 118 Å². The van der Waals surface area contributed by atoms with E-state index >= 15 is 0 Å². The van der Waals surface area contributed by atoms with Crippen LogP contribution in [0.5, 0.6) is 0 Å². The molecule has 2 aliphatic rings. The third-order valence-electron chi connectivity index (χ3n) is 3.58. The second kappa shape index (κ2) is 5.64. The summed E-state index contributed by atoms with van der Waals surface area (Å²) in [6, 6.07) is -0.125. The van der Waals surface area contributed by atoms with Crippen molar-refractivity contribution >= 4 is 29.1 Å². The molecule has 0 aromatic rings. The van der Waals surface area contributed by atoms with Crippen molar-refractivity contribution in [3.05, 3.63) is 22.8 Å². The van der Waals surface area contributed by atoms with Crippen LogP contribution in [0.3, 0.4) is 0 Å². The smallest absolute Gasteiger partial charge is 0.239 e. The van der Waals surface area contributed by atoms with Gasteiger partial charge in [-0.3, -0.25) is 4.79 Å². The number of likely N-dealkylation sites (N-methyl/N-ethyl adjacent to an activating group) is 1. The minimum atomic E-state index is -0.151. The monoisotopic (exact) mass is 288 g/mol. The first-order valence-corrected chi connectivity index (χ1v) is 6.97. The van der Waals surface area contributed by atoms with Gasteiger partial charge in [0.05, 0.1) is 11.4 Å². The van der Waals surface area contributed by atoms with Crippen LogP contribution in [0, 0.1) is 5.92 Å². The lowest BCUT2D eigenvalue weighted by molar-refractivity contribution is -0.131. The highest BCUT2D eigenvalue weighted by molar-refractivity contribution is 6.37. The number of alkyl halides is 1. The zero-order valence-electron chi connectivity index (χ0n) is 10.6. The van der Waals surface area contributed by atoms with Crippen LogP contribution in [0.1, 0.15) is 12.8 Å². The lowest BCUT2D eigenvalue weighted by Gasteiger charge is -2.27. The highest BCUT2D eigenvalue weighted by Gasteiger charge is 2.36. The normalized spacial score (nSPS) is 31.9. The number of carbonyl (C=O) groups excluding carboxylic acids is 1. The summed E-state index contributed by atoms with van der Waals surface area (Å²) < 4.78 is 0. The van der Waals surface area contributed by atoms with E-state index in [0.29, 0.717) is 5.03 Å². The van der Waals surface area contributed by atoms with Crippen LogP contribution in [-0.4, -0.2) is 42.9 Å². The molecule has 1 saturated heterocycles. The van der Waals surface area contributed by atoms with Crippen molar-refractivity contribution in [2.45, 2.75) is 24.3 Å². The molecule has 0 bridgehead atoms. The van der Waals surface area contributed by atoms with Crippen molar-refractivity contribution in [2.75, 3.05) is 20.6 Å². The summed E-state index contributed by atoms with van der Waals surface area (Å²) in [6.45, 7) is 0.872. The van der Waals surface area contributed by atoms with Crippen molar-refractivity contribution < 1.29 is 4.79 Å². The lowest BCUT2D eigenvalue weighted by atomic mass is 9.86. The number of halogens is 2. The molecule has 0 saturated carbocycles. The molecule has 1 amide bonds. The number of nitrogens with one attached hydrogen (secondary N) is 1. The van der Waals surface area contributed by atoms with Crippen LogP contribution >= 0.6 is 23.2 Å². The highest BCUT2D eigenvalue weighted by atomic mass is 35.5. The van der Waals surface area contributed by atoms with Gasteiger partial charge in [0.1, 0.15) is 0 Å². The Bertz CT molecular complexity index is 404. The maximum atomic E-state index is 12.1. The highest BCUT2D eigenvalue weighted by Crippen LogP contribution is 2.35. The summed E-state index contributed by atoms with van der Waals surface area (Å²) in [5, 5.41) is 3.81. The van der Waals surface area contributed by atoms with Crippen LogP contribution in [0.4, 0.5) is 0 Å². The van der Waals surface area contributed by atoms with Gasteiger partial charge in [-0.25, -0.2) is 0 Å². The Balaban J connectivity index is 2.15. The minimum Gasteiger partial charge on any atom is -0.347 e. The molecule has 1 aliphatic carbocycles. The molecule has 2 rings (SSSR count). The number of rotatable bonds is 2. The predicted octanol–water partition coefficient (Wildman–Crippen LogP) is 2.11. The summed E-state index contributed by atoms with van der Waals surface area (Å²) in [5.41, 5.74) is 1.23. The second-order valence-electron chi connectivity index (χ2n) is 5.02. The molecule has 1 fully saturated rings. The van der Waals surface area contributed by atoms with Gasteiger partial charge in [-0.1, -0.05) is 23.3 Å². The maximum Gasteiger partial charge on any atom is 0.239 e. The number of nitrogens with zero attached hydrogens (tertiary/aromatic N) is 1. The van der Waals surface area contributed by atoms with Gasteiger partial charge in [0.2, 0.25) is 5.91 Å². The molecule has 5 heteroatoms. The van der Waals surface area contributed by atoms with Crippen LogP contribution in [0.15, 0.2) is 22.8 Å². The fourth-order valence-electron chi connectivity index (χ4n) is 2.58. The molecule has 100 valence electrons. The lowest BCUT2D eigenvalue weighted by Crippen LogP contribution is -2.43. The molecule has 1 N–H and O–H groups in total. The Morgan fingerprint density at radius 3 is 2.78 bits per heavy atom. The zero-order chi connectivity index (χ0) is 13.3. The Morgan fingerprint density at radius 1 is 1.44 bits per heavy atom. The number of hydrogen-bond acceptors (Lipinski definition) is 2. The van der Waals surface area contributed by atoms with E-state index in [4.69, 9.17) is 23.2 Å². The van der Waals surface area contributed by atoms with Gasteiger partial charge in [0, 0.05) is 25.0 Å². The standard InChI is InChI=1S/C13H18Cl2N2O/c1-17(2)13(18)12-9(5-6-16-12)8-3-4-10(14)11(15)7-8/h3-4,9,11-12,16H,5-7H2,1-2H3/t9-,11?,12-/m0/s1. The van der Waals surface area contributed by atoms with E-state index < -0.39 is 0 Å². The van der Waals surface area contributed by atoms with Crippen LogP contribution in [-0.2, 0) is 4.79 Å². The average molecular weight is 289 g/mol. The Hall–Kier alpha value is -0.510. The summed E-state index contributed by atoms with van der Waals surface area (Å²) >= 11 is 12.2. The molecule has 0 aromatic carbocycles. The first kappa shape index (κ1) is 13.9. The summed E-state index contributed by atoms with van der Waals surface area (Å²) in [6.07, 6.45) is 5.59. The summed E-state index contributed by atoms with van der Waals surface area (Å²) in [7, 11) is 3.57. The molecular formula is C13H18Cl2N2O. The predicted molar refractivity (Wildman–Crippen MR) is 74.9 cm³/mol. The van der Waals surface area contributed by atoms with Gasteiger partial charge in [-0.15, -0.1) is 11.6 Å². The molecule has 18 heavy (non-hydrogen) atoms. The molecule has 1 aliphatic heterocycles. The minimum absolute atomic E-state index is 0.125. The van der Waals surface area contributed by atoms with Crippen molar-refractivity contribution in [3.63, 3.8) is 0 Å². The Kier molecular flexibility index (Phi) is 4.36.